The van der Waals surface area contributed by atoms with Crippen molar-refractivity contribution in [1.29, 1.82) is 0 Å². The zero-order chi connectivity index (χ0) is 13.9. The van der Waals surface area contributed by atoms with Crippen LogP contribution in [0.1, 0.15) is 21.6 Å². The Hall–Kier alpha value is -2.69. The van der Waals surface area contributed by atoms with Crippen LogP contribution >= 0.6 is 0 Å². The van der Waals surface area contributed by atoms with Gasteiger partial charge in [0.15, 0.2) is 5.65 Å². The first-order valence-corrected chi connectivity index (χ1v) is 6.35. The predicted octanol–water partition coefficient (Wildman–Crippen LogP) is 1.97. The number of hydrogen-bond acceptors (Lipinski definition) is 3. The third kappa shape index (κ3) is 2.51. The fourth-order valence-corrected chi connectivity index (χ4v) is 2.05. The largest absolute Gasteiger partial charge is 0.347 e. The highest BCUT2D eigenvalue weighted by atomic mass is 16.1. The van der Waals surface area contributed by atoms with Crippen molar-refractivity contribution in [3.05, 3.63) is 65.9 Å². The number of fused-ring (bicyclic) bond motifs is 1. The van der Waals surface area contributed by atoms with Gasteiger partial charge in [0.1, 0.15) is 5.69 Å². The summed E-state index contributed by atoms with van der Waals surface area (Å²) >= 11 is 0. The molecule has 2 aromatic heterocycles. The second kappa shape index (κ2) is 5.13. The molecule has 100 valence electrons. The highest BCUT2D eigenvalue weighted by Gasteiger charge is 2.10. The number of carbonyl (C=O) groups excluding carboxylic acids is 1. The quantitative estimate of drug-likeness (QED) is 0.788. The van der Waals surface area contributed by atoms with Crippen LogP contribution in [0.3, 0.4) is 0 Å². The minimum Gasteiger partial charge on any atom is -0.347 e. The number of aromatic nitrogens is 3. The monoisotopic (exact) mass is 266 g/mol. The van der Waals surface area contributed by atoms with E-state index in [1.54, 1.807) is 29.2 Å². The molecule has 0 saturated heterocycles. The summed E-state index contributed by atoms with van der Waals surface area (Å²) in [6.45, 7) is 2.52. The van der Waals surface area contributed by atoms with Crippen molar-refractivity contribution in [3.8, 4) is 0 Å². The lowest BCUT2D eigenvalue weighted by molar-refractivity contribution is 0.0946. The van der Waals surface area contributed by atoms with Gasteiger partial charge < -0.3 is 9.72 Å². The Bertz CT molecular complexity index is 730. The summed E-state index contributed by atoms with van der Waals surface area (Å²) in [5.74, 6) is -0.185. The predicted molar refractivity (Wildman–Crippen MR) is 75.3 cm³/mol. The van der Waals surface area contributed by atoms with Gasteiger partial charge in [0.05, 0.1) is 6.20 Å². The van der Waals surface area contributed by atoms with Gasteiger partial charge in [-0.15, -0.1) is 0 Å². The highest BCUT2D eigenvalue weighted by Crippen LogP contribution is 2.05. The molecule has 1 aromatic carbocycles. The molecule has 0 atom stereocenters. The standard InChI is InChI=1S/C15H14N4O/c1-11-3-2-4-12(7-11)8-17-15(20)13-10-19-6-5-16-9-14(19)18-13/h2-7,9-10H,8H2,1H3,(H,17,20). The van der Waals surface area contributed by atoms with E-state index >= 15 is 0 Å². The number of amides is 1. The molecule has 1 amide bonds. The Labute approximate surface area is 116 Å². The Morgan fingerprint density at radius 2 is 2.30 bits per heavy atom. The molecule has 0 aliphatic rings. The molecule has 3 aromatic rings. The third-order valence-corrected chi connectivity index (χ3v) is 3.03. The Kier molecular flexibility index (Phi) is 3.16. The van der Waals surface area contributed by atoms with E-state index in [2.05, 4.69) is 15.3 Å². The normalized spacial score (nSPS) is 10.7. The van der Waals surface area contributed by atoms with Crippen molar-refractivity contribution in [2.24, 2.45) is 0 Å². The molecular formula is C15H14N4O. The molecule has 0 saturated carbocycles. The minimum absolute atomic E-state index is 0.185. The number of imidazole rings is 1. The van der Waals surface area contributed by atoms with E-state index < -0.39 is 0 Å². The molecule has 0 fully saturated rings. The number of nitrogens with zero attached hydrogens (tertiary/aromatic N) is 3. The van der Waals surface area contributed by atoms with E-state index in [0.29, 0.717) is 17.9 Å². The zero-order valence-electron chi connectivity index (χ0n) is 11.1. The number of benzene rings is 1. The maximum absolute atomic E-state index is 12.1. The molecule has 0 aliphatic heterocycles. The highest BCUT2D eigenvalue weighted by molar-refractivity contribution is 5.92. The average Bonchev–Trinajstić information content (AvgIpc) is 2.89. The molecule has 1 N–H and O–H groups in total. The number of rotatable bonds is 3. The first kappa shape index (κ1) is 12.3. The Morgan fingerprint density at radius 1 is 1.40 bits per heavy atom. The van der Waals surface area contributed by atoms with Crippen molar-refractivity contribution in [3.63, 3.8) is 0 Å². The first-order valence-electron chi connectivity index (χ1n) is 6.35. The summed E-state index contributed by atoms with van der Waals surface area (Å²) in [4.78, 5) is 20.3. The number of nitrogens with one attached hydrogen (secondary N) is 1. The molecule has 3 rings (SSSR count). The third-order valence-electron chi connectivity index (χ3n) is 3.03. The van der Waals surface area contributed by atoms with E-state index in [1.807, 2.05) is 31.2 Å². The zero-order valence-corrected chi connectivity index (χ0v) is 11.1. The van der Waals surface area contributed by atoms with Crippen molar-refractivity contribution in [2.45, 2.75) is 13.5 Å². The second-order valence-corrected chi connectivity index (χ2v) is 4.64. The van der Waals surface area contributed by atoms with Gasteiger partial charge in [0, 0.05) is 25.1 Å². The van der Waals surface area contributed by atoms with Gasteiger partial charge in [0.2, 0.25) is 0 Å². The van der Waals surface area contributed by atoms with E-state index in [-0.39, 0.29) is 5.91 Å². The molecule has 0 radical (unpaired) electrons. The number of carbonyl (C=O) groups is 1. The minimum atomic E-state index is -0.185. The Balaban J connectivity index is 1.73. The number of aryl methyl sites for hydroxylation is 1. The summed E-state index contributed by atoms with van der Waals surface area (Å²) < 4.78 is 1.77. The summed E-state index contributed by atoms with van der Waals surface area (Å²) in [6.07, 6.45) is 6.74. The molecule has 0 aliphatic carbocycles. The van der Waals surface area contributed by atoms with Crippen molar-refractivity contribution in [2.75, 3.05) is 0 Å². The van der Waals surface area contributed by atoms with Crippen LogP contribution in [0, 0.1) is 6.92 Å². The van der Waals surface area contributed by atoms with Crippen LogP contribution in [-0.2, 0) is 6.54 Å². The van der Waals surface area contributed by atoms with E-state index in [0.717, 1.165) is 5.56 Å². The molecule has 0 spiro atoms. The molecular weight excluding hydrogens is 252 g/mol. The lowest BCUT2D eigenvalue weighted by Crippen LogP contribution is -2.23. The lowest BCUT2D eigenvalue weighted by atomic mass is 10.1. The SMILES string of the molecule is Cc1cccc(CNC(=O)c2cn3ccncc3n2)c1. The fourth-order valence-electron chi connectivity index (χ4n) is 2.05. The van der Waals surface area contributed by atoms with Crippen LogP contribution in [0.5, 0.6) is 0 Å². The van der Waals surface area contributed by atoms with Crippen LogP contribution < -0.4 is 5.32 Å². The van der Waals surface area contributed by atoms with Gasteiger partial charge in [-0.05, 0) is 12.5 Å². The maximum atomic E-state index is 12.1. The van der Waals surface area contributed by atoms with Crippen LogP contribution in [0.15, 0.2) is 49.1 Å². The van der Waals surface area contributed by atoms with Crippen molar-refractivity contribution in [1.82, 2.24) is 19.7 Å². The van der Waals surface area contributed by atoms with Gasteiger partial charge in [-0.25, -0.2) is 4.98 Å². The van der Waals surface area contributed by atoms with Crippen LogP contribution in [0.4, 0.5) is 0 Å². The topological polar surface area (TPSA) is 59.3 Å². The van der Waals surface area contributed by atoms with Gasteiger partial charge >= 0.3 is 0 Å². The molecule has 0 bridgehead atoms. The molecule has 2 heterocycles. The van der Waals surface area contributed by atoms with Crippen molar-refractivity contribution < 1.29 is 4.79 Å². The maximum Gasteiger partial charge on any atom is 0.271 e. The van der Waals surface area contributed by atoms with Gasteiger partial charge in [-0.3, -0.25) is 9.78 Å². The number of hydrogen-bond donors (Lipinski definition) is 1. The average molecular weight is 266 g/mol. The smallest absolute Gasteiger partial charge is 0.271 e. The lowest BCUT2D eigenvalue weighted by Gasteiger charge is -2.04. The van der Waals surface area contributed by atoms with Crippen LogP contribution in [-0.4, -0.2) is 20.3 Å². The first-order chi connectivity index (χ1) is 9.72. The Morgan fingerprint density at radius 3 is 3.10 bits per heavy atom. The van der Waals surface area contributed by atoms with E-state index in [4.69, 9.17) is 0 Å². The molecule has 5 heteroatoms. The van der Waals surface area contributed by atoms with E-state index in [9.17, 15) is 4.79 Å². The van der Waals surface area contributed by atoms with Gasteiger partial charge in [-0.1, -0.05) is 29.8 Å². The summed E-state index contributed by atoms with van der Waals surface area (Å²) in [6, 6.07) is 8.04. The van der Waals surface area contributed by atoms with Crippen LogP contribution in [0.25, 0.3) is 5.65 Å². The fraction of sp³-hybridized carbons (Fsp3) is 0.133. The summed E-state index contributed by atoms with van der Waals surface area (Å²) in [5.41, 5.74) is 3.30. The molecule has 5 nitrogen and oxygen atoms in total. The summed E-state index contributed by atoms with van der Waals surface area (Å²) in [5, 5.41) is 2.87. The molecule has 0 unspecified atom stereocenters. The van der Waals surface area contributed by atoms with E-state index in [1.165, 1.54) is 5.56 Å². The second-order valence-electron chi connectivity index (χ2n) is 4.64. The van der Waals surface area contributed by atoms with Gasteiger partial charge in [-0.2, -0.15) is 0 Å². The van der Waals surface area contributed by atoms with Crippen LogP contribution in [0.2, 0.25) is 0 Å². The van der Waals surface area contributed by atoms with Crippen molar-refractivity contribution >= 4 is 11.6 Å². The molecule has 20 heavy (non-hydrogen) atoms. The summed E-state index contributed by atoms with van der Waals surface area (Å²) in [7, 11) is 0. The van der Waals surface area contributed by atoms with Gasteiger partial charge in [0.25, 0.3) is 5.91 Å².